The monoisotopic (exact) mass is 520 g/mol. The molecule has 2 aromatic carbocycles. The lowest BCUT2D eigenvalue weighted by atomic mass is 9.50. The Morgan fingerprint density at radius 3 is 1.38 bits per heavy atom. The van der Waals surface area contributed by atoms with Crippen molar-refractivity contribution in [3.8, 4) is 0 Å². The molecule has 4 aliphatic carbocycles. The Hall–Kier alpha value is -2.60. The largest absolute Gasteiger partial charge is 0.0755 e. The zero-order valence-electron chi connectivity index (χ0n) is 25.0. The maximum absolute atomic E-state index is 2.41. The van der Waals surface area contributed by atoms with E-state index in [1.54, 1.807) is 0 Å². The molecule has 0 N–H and O–H groups in total. The molecule has 2 aromatic rings. The number of fused-ring (bicyclic) bond motifs is 3. The van der Waals surface area contributed by atoms with Crippen molar-refractivity contribution < 1.29 is 0 Å². The zero-order chi connectivity index (χ0) is 28.3. The van der Waals surface area contributed by atoms with Crippen LogP contribution in [0.4, 0.5) is 0 Å². The van der Waals surface area contributed by atoms with Gasteiger partial charge in [0, 0.05) is 35.0 Å². The molecule has 2 saturated carbocycles. The van der Waals surface area contributed by atoms with Crippen molar-refractivity contribution in [2.24, 2.45) is 10.8 Å². The first-order chi connectivity index (χ1) is 19.0. The molecule has 0 heteroatoms. The molecule has 0 atom stereocenters. The SMILES string of the molecule is C[C]1[CH][CH][C](C([C]2[C]3[C](C=CC=C3C(C)(C)C)[C]3C=CC=C(C(C)(C)C)[C]32)(c2ccccc2)c2ccccc2)[CH]1. The molecular weight excluding hydrogens is 480 g/mol. The van der Waals surface area contributed by atoms with Gasteiger partial charge in [0.25, 0.3) is 0 Å². The van der Waals surface area contributed by atoms with Crippen LogP contribution in [-0.4, -0.2) is 0 Å². The van der Waals surface area contributed by atoms with Crippen LogP contribution >= 0.6 is 0 Å². The molecule has 0 spiro atoms. The predicted molar refractivity (Wildman–Crippen MR) is 168 cm³/mol. The van der Waals surface area contributed by atoms with Gasteiger partial charge in [-0.25, -0.2) is 0 Å². The number of hydrogen-bond donors (Lipinski definition) is 0. The van der Waals surface area contributed by atoms with E-state index in [4.69, 9.17) is 0 Å². The molecule has 40 heavy (non-hydrogen) atoms. The topological polar surface area (TPSA) is 0 Å². The Morgan fingerprint density at radius 1 is 0.550 bits per heavy atom. The molecule has 2 fully saturated rings. The maximum atomic E-state index is 2.41. The standard InChI is InChI=1S/C40H40/c1-27-24-25-30(26-27)40(28-16-10-8-11-17-28,29-18-12-9-13-19-29)37-35-31(20-14-22-33(35)38(2,3)4)32-21-15-23-34(36(32)37)39(5,6)7/h8-26H,1-7H3. The molecule has 0 aliphatic heterocycles. The molecule has 4 aliphatic rings. The van der Waals surface area contributed by atoms with E-state index < -0.39 is 5.41 Å². The van der Waals surface area contributed by atoms with Gasteiger partial charge in [-0.3, -0.25) is 0 Å². The fraction of sp³-hybridized carbons (Fsp3) is 0.250. The normalized spacial score (nSPS) is 22.5. The van der Waals surface area contributed by atoms with E-state index in [0.717, 1.165) is 0 Å². The molecule has 0 aromatic heterocycles. The summed E-state index contributed by atoms with van der Waals surface area (Å²) in [6.07, 6.45) is 21.0. The number of rotatable bonds is 4. The first-order valence-electron chi connectivity index (χ1n) is 14.5. The minimum Gasteiger partial charge on any atom is -0.0755 e. The second kappa shape index (κ2) is 10.0. The second-order valence-electron chi connectivity index (χ2n) is 13.5. The zero-order valence-corrected chi connectivity index (χ0v) is 25.0. The Bertz CT molecular complexity index is 1230. The summed E-state index contributed by atoms with van der Waals surface area (Å²) in [7, 11) is 0. The summed E-state index contributed by atoms with van der Waals surface area (Å²) in [6.45, 7) is 16.3. The highest BCUT2D eigenvalue weighted by atomic mass is 14.7. The van der Waals surface area contributed by atoms with Crippen LogP contribution in [0.25, 0.3) is 0 Å². The molecule has 200 valence electrons. The second-order valence-corrected chi connectivity index (χ2v) is 13.5. The summed E-state index contributed by atoms with van der Waals surface area (Å²) in [6, 6.07) is 22.4. The van der Waals surface area contributed by atoms with Crippen molar-refractivity contribution >= 4 is 0 Å². The van der Waals surface area contributed by atoms with Crippen molar-refractivity contribution in [3.05, 3.63) is 180 Å². The smallest absolute Gasteiger partial charge is 0.0351 e. The van der Waals surface area contributed by atoms with E-state index in [0.29, 0.717) is 0 Å². The average molecular weight is 521 g/mol. The molecule has 0 heterocycles. The molecule has 0 saturated heterocycles. The lowest BCUT2D eigenvalue weighted by Crippen LogP contribution is -2.46. The Balaban J connectivity index is 1.71. The average Bonchev–Trinajstić information content (AvgIpc) is 3.51. The molecule has 0 bridgehead atoms. The Morgan fingerprint density at radius 2 is 1.00 bits per heavy atom. The summed E-state index contributed by atoms with van der Waals surface area (Å²) < 4.78 is 0. The fourth-order valence-corrected chi connectivity index (χ4v) is 6.95. The van der Waals surface area contributed by atoms with Gasteiger partial charge in [-0.1, -0.05) is 157 Å². The van der Waals surface area contributed by atoms with Gasteiger partial charge >= 0.3 is 0 Å². The van der Waals surface area contributed by atoms with E-state index in [2.05, 4.69) is 165 Å². The first kappa shape index (κ1) is 27.6. The van der Waals surface area contributed by atoms with Gasteiger partial charge in [-0.15, -0.1) is 0 Å². The third-order valence-electron chi connectivity index (χ3n) is 8.67. The third kappa shape index (κ3) is 4.33. The van der Waals surface area contributed by atoms with E-state index in [9.17, 15) is 0 Å². The highest BCUT2D eigenvalue weighted by Crippen LogP contribution is 2.72. The van der Waals surface area contributed by atoms with Gasteiger partial charge in [0.2, 0.25) is 0 Å². The van der Waals surface area contributed by atoms with Crippen LogP contribution in [0.5, 0.6) is 0 Å². The number of benzene rings is 2. The number of hydrogen-bond acceptors (Lipinski definition) is 0. The lowest BCUT2D eigenvalue weighted by molar-refractivity contribution is 0.467. The van der Waals surface area contributed by atoms with Gasteiger partial charge in [0.05, 0.1) is 0 Å². The van der Waals surface area contributed by atoms with Crippen molar-refractivity contribution in [2.75, 3.05) is 0 Å². The van der Waals surface area contributed by atoms with E-state index in [1.807, 2.05) is 0 Å². The van der Waals surface area contributed by atoms with Crippen LogP contribution in [0.15, 0.2) is 108 Å². The summed E-state index contributed by atoms with van der Waals surface area (Å²) in [5.74, 6) is 9.52. The van der Waals surface area contributed by atoms with Crippen LogP contribution in [0, 0.1) is 71.5 Å². The lowest BCUT2D eigenvalue weighted by Gasteiger charge is -2.51. The summed E-state index contributed by atoms with van der Waals surface area (Å²) in [5.41, 5.74) is 4.84. The van der Waals surface area contributed by atoms with Crippen LogP contribution in [0.2, 0.25) is 0 Å². The van der Waals surface area contributed by atoms with Gasteiger partial charge in [0.1, 0.15) is 0 Å². The highest BCUT2D eigenvalue weighted by Gasteiger charge is 2.65. The molecule has 6 rings (SSSR count). The highest BCUT2D eigenvalue weighted by molar-refractivity contribution is 5.86. The predicted octanol–water partition coefficient (Wildman–Crippen LogP) is 9.74. The molecule has 0 unspecified atom stereocenters. The number of allylic oxidation sites excluding steroid dienone is 8. The summed E-state index contributed by atoms with van der Waals surface area (Å²) in [4.78, 5) is 0. The van der Waals surface area contributed by atoms with Crippen molar-refractivity contribution in [1.29, 1.82) is 0 Å². The van der Waals surface area contributed by atoms with Crippen molar-refractivity contribution in [1.82, 2.24) is 0 Å². The van der Waals surface area contributed by atoms with Crippen LogP contribution in [0.3, 0.4) is 0 Å². The van der Waals surface area contributed by atoms with E-state index >= 15 is 0 Å². The quantitative estimate of drug-likeness (QED) is 0.376. The minimum atomic E-state index is -0.501. The van der Waals surface area contributed by atoms with Gasteiger partial charge < -0.3 is 0 Å². The molecule has 0 amide bonds. The summed E-state index contributed by atoms with van der Waals surface area (Å²) >= 11 is 0. The maximum Gasteiger partial charge on any atom is 0.0351 e. The van der Waals surface area contributed by atoms with Crippen molar-refractivity contribution in [3.63, 3.8) is 0 Å². The van der Waals surface area contributed by atoms with Crippen molar-refractivity contribution in [2.45, 2.75) is 53.9 Å². The third-order valence-corrected chi connectivity index (χ3v) is 8.67. The summed E-state index contributed by atoms with van der Waals surface area (Å²) in [5, 5.41) is 0. The van der Waals surface area contributed by atoms with Crippen LogP contribution in [-0.2, 0) is 5.41 Å². The van der Waals surface area contributed by atoms with E-state index in [-0.39, 0.29) is 10.8 Å². The van der Waals surface area contributed by atoms with Gasteiger partial charge in [-0.2, -0.15) is 0 Å². The minimum absolute atomic E-state index is 0.0262. The Kier molecular flexibility index (Phi) is 6.92. The fourth-order valence-electron chi connectivity index (χ4n) is 6.95. The van der Waals surface area contributed by atoms with Gasteiger partial charge in [-0.05, 0) is 53.1 Å². The Labute approximate surface area is 244 Å². The van der Waals surface area contributed by atoms with Crippen LogP contribution in [0.1, 0.15) is 59.6 Å². The van der Waals surface area contributed by atoms with Gasteiger partial charge in [0.15, 0.2) is 0 Å². The van der Waals surface area contributed by atoms with Crippen LogP contribution < -0.4 is 0 Å². The molecule has 10 radical (unpaired) electrons. The van der Waals surface area contributed by atoms with E-state index in [1.165, 1.54) is 63.7 Å². The molecular formula is C40H40. The first-order valence-corrected chi connectivity index (χ1v) is 14.5. The molecule has 0 nitrogen and oxygen atoms in total.